The summed E-state index contributed by atoms with van der Waals surface area (Å²) in [5.74, 6) is -0.926. The van der Waals surface area contributed by atoms with Crippen LogP contribution in [0.2, 0.25) is 0 Å². The van der Waals surface area contributed by atoms with E-state index in [1.54, 1.807) is 6.20 Å². The van der Waals surface area contributed by atoms with Gasteiger partial charge in [0.15, 0.2) is 0 Å². The predicted molar refractivity (Wildman–Crippen MR) is 49.0 cm³/mol. The molecule has 0 bridgehead atoms. The minimum Gasteiger partial charge on any atom is -0.480 e. The van der Waals surface area contributed by atoms with E-state index in [-0.39, 0.29) is 0 Å². The Morgan fingerprint density at radius 1 is 1.53 bits per heavy atom. The summed E-state index contributed by atoms with van der Waals surface area (Å²) in [4.78, 5) is 17.7. The first-order chi connectivity index (χ1) is 7.27. The van der Waals surface area contributed by atoms with Crippen LogP contribution in [0.3, 0.4) is 0 Å². The maximum atomic E-state index is 11.0. The van der Waals surface area contributed by atoms with Gasteiger partial charge in [0, 0.05) is 18.3 Å². The number of imidazole rings is 1. The van der Waals surface area contributed by atoms with Crippen molar-refractivity contribution in [2.24, 2.45) is 0 Å². The van der Waals surface area contributed by atoms with Gasteiger partial charge >= 0.3 is 5.97 Å². The van der Waals surface area contributed by atoms with Crippen LogP contribution in [-0.4, -0.2) is 35.8 Å². The molecule has 0 fully saturated rings. The van der Waals surface area contributed by atoms with Crippen LogP contribution >= 0.6 is 0 Å². The van der Waals surface area contributed by atoms with Gasteiger partial charge in [0.05, 0.1) is 6.33 Å². The van der Waals surface area contributed by atoms with E-state index >= 15 is 0 Å². The van der Waals surface area contributed by atoms with E-state index in [2.05, 4.69) is 20.2 Å². The van der Waals surface area contributed by atoms with E-state index in [0.717, 1.165) is 5.69 Å². The Morgan fingerprint density at radius 3 is 2.80 bits per heavy atom. The van der Waals surface area contributed by atoms with Crippen LogP contribution in [0.25, 0.3) is 0 Å². The summed E-state index contributed by atoms with van der Waals surface area (Å²) in [5.41, 5.74) is 0.760. The van der Waals surface area contributed by atoms with Crippen molar-refractivity contribution in [3.63, 3.8) is 0 Å². The molecule has 0 saturated heterocycles. The Morgan fingerprint density at radius 2 is 2.27 bits per heavy atom. The standard InChI is InChI=1S/C8H9N5O2/c14-8(15)7(13-4-11-12-5-13)1-6-2-9-3-10-6/h2-5,7H,1H2,(H,9,10)(H,14,15)/t7-/m0/s1. The summed E-state index contributed by atoms with van der Waals surface area (Å²) in [5, 5.41) is 16.2. The maximum absolute atomic E-state index is 11.0. The molecule has 0 radical (unpaired) electrons. The van der Waals surface area contributed by atoms with E-state index in [0.29, 0.717) is 6.42 Å². The molecule has 0 spiro atoms. The zero-order valence-electron chi connectivity index (χ0n) is 7.74. The van der Waals surface area contributed by atoms with Gasteiger partial charge in [0.2, 0.25) is 0 Å². The van der Waals surface area contributed by atoms with Gasteiger partial charge in [-0.3, -0.25) is 0 Å². The van der Waals surface area contributed by atoms with Crippen molar-refractivity contribution >= 4 is 5.97 Å². The lowest BCUT2D eigenvalue weighted by Crippen LogP contribution is -2.20. The molecule has 0 amide bonds. The first-order valence-electron chi connectivity index (χ1n) is 4.31. The molecular formula is C8H9N5O2. The summed E-state index contributed by atoms with van der Waals surface area (Å²) >= 11 is 0. The van der Waals surface area contributed by atoms with Crippen LogP contribution in [0.1, 0.15) is 11.7 Å². The summed E-state index contributed by atoms with van der Waals surface area (Å²) < 4.78 is 1.45. The highest BCUT2D eigenvalue weighted by Crippen LogP contribution is 2.11. The van der Waals surface area contributed by atoms with Crippen LogP contribution in [0.15, 0.2) is 25.2 Å². The Kier molecular flexibility index (Phi) is 2.44. The molecule has 0 aromatic carbocycles. The molecule has 15 heavy (non-hydrogen) atoms. The number of rotatable bonds is 4. The van der Waals surface area contributed by atoms with E-state index in [9.17, 15) is 4.79 Å². The quantitative estimate of drug-likeness (QED) is 0.727. The second kappa shape index (κ2) is 3.91. The number of aliphatic carboxylic acids is 1. The van der Waals surface area contributed by atoms with Crippen molar-refractivity contribution < 1.29 is 9.90 Å². The zero-order chi connectivity index (χ0) is 10.7. The maximum Gasteiger partial charge on any atom is 0.327 e. The molecule has 0 aliphatic heterocycles. The molecule has 2 N–H and O–H groups in total. The fourth-order valence-corrected chi connectivity index (χ4v) is 1.29. The summed E-state index contributed by atoms with van der Waals surface area (Å²) in [6.07, 6.45) is 6.21. The van der Waals surface area contributed by atoms with Crippen molar-refractivity contribution in [3.05, 3.63) is 30.9 Å². The zero-order valence-corrected chi connectivity index (χ0v) is 7.74. The average Bonchev–Trinajstić information content (AvgIpc) is 2.87. The van der Waals surface area contributed by atoms with Gasteiger partial charge < -0.3 is 14.7 Å². The molecule has 0 aliphatic rings. The predicted octanol–water partition coefficient (Wildman–Crippen LogP) is -0.130. The fourth-order valence-electron chi connectivity index (χ4n) is 1.29. The molecule has 0 saturated carbocycles. The van der Waals surface area contributed by atoms with Crippen molar-refractivity contribution in [3.8, 4) is 0 Å². The molecule has 1 atom stereocenters. The summed E-state index contributed by atoms with van der Waals surface area (Å²) in [6.45, 7) is 0. The summed E-state index contributed by atoms with van der Waals surface area (Å²) in [7, 11) is 0. The van der Waals surface area contributed by atoms with Crippen molar-refractivity contribution in [1.29, 1.82) is 0 Å². The largest absolute Gasteiger partial charge is 0.480 e. The molecule has 7 nitrogen and oxygen atoms in total. The number of H-pyrrole nitrogens is 1. The molecule has 2 aromatic rings. The Hall–Kier alpha value is -2.18. The lowest BCUT2D eigenvalue weighted by molar-refractivity contribution is -0.140. The first kappa shape index (κ1) is 9.38. The highest BCUT2D eigenvalue weighted by atomic mass is 16.4. The topological polar surface area (TPSA) is 96.7 Å². The van der Waals surface area contributed by atoms with E-state index < -0.39 is 12.0 Å². The molecule has 0 unspecified atom stereocenters. The van der Waals surface area contributed by atoms with E-state index in [1.165, 1.54) is 23.5 Å². The molecule has 2 aromatic heterocycles. The lowest BCUT2D eigenvalue weighted by Gasteiger charge is -2.11. The van der Waals surface area contributed by atoms with Gasteiger partial charge in [0.25, 0.3) is 0 Å². The van der Waals surface area contributed by atoms with Gasteiger partial charge in [-0.1, -0.05) is 0 Å². The van der Waals surface area contributed by atoms with Gasteiger partial charge in [-0.2, -0.15) is 0 Å². The van der Waals surface area contributed by atoms with Gasteiger partial charge in [-0.15, -0.1) is 10.2 Å². The van der Waals surface area contributed by atoms with Crippen LogP contribution in [0, 0.1) is 0 Å². The summed E-state index contributed by atoms with van der Waals surface area (Å²) in [6, 6.07) is -0.708. The number of carboxylic acids is 1. The monoisotopic (exact) mass is 207 g/mol. The average molecular weight is 207 g/mol. The third-order valence-corrected chi connectivity index (χ3v) is 2.05. The third-order valence-electron chi connectivity index (χ3n) is 2.05. The molecule has 2 rings (SSSR count). The SMILES string of the molecule is O=C(O)[C@H](Cc1cnc[nH]1)n1cnnc1. The lowest BCUT2D eigenvalue weighted by atomic mass is 10.1. The van der Waals surface area contributed by atoms with Gasteiger partial charge in [-0.05, 0) is 0 Å². The minimum atomic E-state index is -0.926. The normalized spacial score (nSPS) is 12.5. The molecule has 2 heterocycles. The highest BCUT2D eigenvalue weighted by molar-refractivity contribution is 5.72. The number of carboxylic acid groups (broad SMARTS) is 1. The Labute approximate surface area is 84.8 Å². The number of hydrogen-bond acceptors (Lipinski definition) is 4. The molecule has 7 heteroatoms. The smallest absolute Gasteiger partial charge is 0.327 e. The Balaban J connectivity index is 2.18. The fraction of sp³-hybridized carbons (Fsp3) is 0.250. The van der Waals surface area contributed by atoms with Crippen LogP contribution in [0.5, 0.6) is 0 Å². The Bertz CT molecular complexity index is 422. The number of nitrogens with zero attached hydrogens (tertiary/aromatic N) is 4. The number of nitrogens with one attached hydrogen (secondary N) is 1. The van der Waals surface area contributed by atoms with Crippen molar-refractivity contribution in [2.75, 3.05) is 0 Å². The van der Waals surface area contributed by atoms with E-state index in [1.807, 2.05) is 0 Å². The number of aromatic amines is 1. The highest BCUT2D eigenvalue weighted by Gasteiger charge is 2.20. The first-order valence-corrected chi connectivity index (χ1v) is 4.31. The van der Waals surface area contributed by atoms with Crippen LogP contribution in [-0.2, 0) is 11.2 Å². The molecule has 0 aliphatic carbocycles. The third kappa shape index (κ3) is 2.01. The van der Waals surface area contributed by atoms with Crippen LogP contribution < -0.4 is 0 Å². The molecule has 78 valence electrons. The second-order valence-corrected chi connectivity index (χ2v) is 3.04. The van der Waals surface area contributed by atoms with Crippen LogP contribution in [0.4, 0.5) is 0 Å². The second-order valence-electron chi connectivity index (χ2n) is 3.04. The van der Waals surface area contributed by atoms with Gasteiger partial charge in [-0.25, -0.2) is 9.78 Å². The van der Waals surface area contributed by atoms with E-state index in [4.69, 9.17) is 5.11 Å². The number of hydrogen-bond donors (Lipinski definition) is 2. The number of carbonyl (C=O) groups is 1. The van der Waals surface area contributed by atoms with Crippen molar-refractivity contribution in [2.45, 2.75) is 12.5 Å². The van der Waals surface area contributed by atoms with Crippen molar-refractivity contribution in [1.82, 2.24) is 24.7 Å². The number of aromatic nitrogens is 5. The minimum absolute atomic E-state index is 0.327. The van der Waals surface area contributed by atoms with Gasteiger partial charge in [0.1, 0.15) is 18.7 Å². The molecular weight excluding hydrogens is 198 g/mol.